The van der Waals surface area contributed by atoms with Crippen LogP contribution in [0.15, 0.2) is 0 Å². The first-order valence-corrected chi connectivity index (χ1v) is 5.82. The van der Waals surface area contributed by atoms with Crippen LogP contribution in [0, 0.1) is 16.7 Å². The van der Waals surface area contributed by atoms with Gasteiger partial charge in [-0.05, 0) is 42.2 Å². The van der Waals surface area contributed by atoms with Gasteiger partial charge in [0.1, 0.15) is 0 Å². The summed E-state index contributed by atoms with van der Waals surface area (Å²) in [6.45, 7) is 5.61. The molecule has 4 unspecified atom stereocenters. The predicted molar refractivity (Wildman–Crippen MR) is 55.2 cm³/mol. The van der Waals surface area contributed by atoms with Crippen molar-refractivity contribution in [2.24, 2.45) is 16.7 Å². The Morgan fingerprint density at radius 1 is 1.43 bits per heavy atom. The van der Waals surface area contributed by atoms with Gasteiger partial charge in [0.15, 0.2) is 0 Å². The Balaban J connectivity index is 2.00. The molecular formula is C11H16ClNO. The van der Waals surface area contributed by atoms with E-state index in [4.69, 9.17) is 11.6 Å². The van der Waals surface area contributed by atoms with E-state index in [0.717, 1.165) is 25.3 Å². The topological polar surface area (TPSA) is 20.3 Å². The van der Waals surface area contributed by atoms with Crippen LogP contribution < -0.4 is 0 Å². The second-order valence-corrected chi connectivity index (χ2v) is 6.33. The van der Waals surface area contributed by atoms with Crippen LogP contribution in [-0.2, 0) is 4.79 Å². The molecule has 14 heavy (non-hydrogen) atoms. The van der Waals surface area contributed by atoms with Crippen molar-refractivity contribution in [2.45, 2.75) is 26.2 Å². The third-order valence-electron chi connectivity index (χ3n) is 4.29. The van der Waals surface area contributed by atoms with Crippen LogP contribution in [0.5, 0.6) is 0 Å². The van der Waals surface area contributed by atoms with Gasteiger partial charge in [-0.3, -0.25) is 4.79 Å². The monoisotopic (exact) mass is 213 g/mol. The fraction of sp³-hybridized carbons (Fsp3) is 0.909. The number of nitrogens with zero attached hydrogens (tertiary/aromatic N) is 1. The van der Waals surface area contributed by atoms with Gasteiger partial charge in [0.05, 0.1) is 5.41 Å². The molecule has 0 aromatic carbocycles. The van der Waals surface area contributed by atoms with Crippen molar-refractivity contribution in [1.29, 1.82) is 0 Å². The van der Waals surface area contributed by atoms with E-state index in [0.29, 0.717) is 5.41 Å². The van der Waals surface area contributed by atoms with E-state index < -0.39 is 0 Å². The minimum atomic E-state index is -0.185. The Labute approximate surface area is 89.6 Å². The molecule has 0 aromatic rings. The molecule has 3 heterocycles. The van der Waals surface area contributed by atoms with Gasteiger partial charge < -0.3 is 4.90 Å². The van der Waals surface area contributed by atoms with Crippen LogP contribution in [0.3, 0.4) is 0 Å². The minimum absolute atomic E-state index is 0.0853. The Bertz CT molecular complexity index is 288. The molecule has 2 nitrogen and oxygen atoms in total. The van der Waals surface area contributed by atoms with Crippen LogP contribution in [-0.4, -0.2) is 29.8 Å². The lowest BCUT2D eigenvalue weighted by atomic mass is 9.54. The highest BCUT2D eigenvalue weighted by atomic mass is 35.5. The molecule has 3 heteroatoms. The smallest absolute Gasteiger partial charge is 0.229 e. The SMILES string of the molecule is CC12CC3CN(C1)CC(C(=O)Cl)(C3)C2. The van der Waals surface area contributed by atoms with Gasteiger partial charge in [-0.15, -0.1) is 0 Å². The Hall–Kier alpha value is -0.0800. The average molecular weight is 214 g/mol. The van der Waals surface area contributed by atoms with E-state index in [2.05, 4.69) is 11.8 Å². The van der Waals surface area contributed by atoms with Gasteiger partial charge in [-0.1, -0.05) is 6.92 Å². The lowest BCUT2D eigenvalue weighted by Crippen LogP contribution is -2.64. The molecule has 78 valence electrons. The minimum Gasteiger partial charge on any atom is -0.301 e. The molecule has 1 aliphatic carbocycles. The van der Waals surface area contributed by atoms with Crippen molar-refractivity contribution in [2.75, 3.05) is 19.6 Å². The summed E-state index contributed by atoms with van der Waals surface area (Å²) in [5.74, 6) is 0.721. The van der Waals surface area contributed by atoms with Crippen molar-refractivity contribution in [1.82, 2.24) is 4.90 Å². The first-order chi connectivity index (χ1) is 6.51. The van der Waals surface area contributed by atoms with Gasteiger partial charge in [-0.25, -0.2) is 0 Å². The largest absolute Gasteiger partial charge is 0.301 e. The Morgan fingerprint density at radius 3 is 2.79 bits per heavy atom. The first kappa shape index (κ1) is 9.17. The van der Waals surface area contributed by atoms with E-state index in [1.165, 1.54) is 19.5 Å². The van der Waals surface area contributed by atoms with E-state index in [1.54, 1.807) is 0 Å². The summed E-state index contributed by atoms with van der Waals surface area (Å²) in [5, 5.41) is -0.0853. The number of hydrogen-bond acceptors (Lipinski definition) is 2. The second kappa shape index (κ2) is 2.53. The highest BCUT2D eigenvalue weighted by molar-refractivity contribution is 6.64. The molecule has 4 rings (SSSR count). The van der Waals surface area contributed by atoms with Gasteiger partial charge in [0, 0.05) is 19.6 Å². The number of hydrogen-bond donors (Lipinski definition) is 0. The summed E-state index contributed by atoms with van der Waals surface area (Å²) in [5.41, 5.74) is 0.180. The molecule has 0 N–H and O–H groups in total. The number of rotatable bonds is 1. The van der Waals surface area contributed by atoms with Crippen molar-refractivity contribution < 1.29 is 4.79 Å². The summed E-state index contributed by atoms with van der Waals surface area (Å²) in [6, 6.07) is 0. The molecule has 4 atom stereocenters. The highest BCUT2D eigenvalue weighted by Crippen LogP contribution is 2.57. The summed E-state index contributed by atoms with van der Waals surface area (Å²) in [7, 11) is 0. The van der Waals surface area contributed by atoms with Crippen molar-refractivity contribution in [3.05, 3.63) is 0 Å². The molecule has 0 spiro atoms. The molecular weight excluding hydrogens is 198 g/mol. The van der Waals surface area contributed by atoms with E-state index in [-0.39, 0.29) is 10.7 Å². The van der Waals surface area contributed by atoms with E-state index >= 15 is 0 Å². The maximum atomic E-state index is 11.6. The van der Waals surface area contributed by atoms with Crippen LogP contribution >= 0.6 is 11.6 Å². The highest BCUT2D eigenvalue weighted by Gasteiger charge is 2.57. The summed E-state index contributed by atoms with van der Waals surface area (Å²) < 4.78 is 0. The normalized spacial score (nSPS) is 55.0. The summed E-state index contributed by atoms with van der Waals surface area (Å²) in [4.78, 5) is 14.0. The zero-order valence-corrected chi connectivity index (χ0v) is 9.31. The van der Waals surface area contributed by atoms with Crippen molar-refractivity contribution in [3.63, 3.8) is 0 Å². The van der Waals surface area contributed by atoms with E-state index in [9.17, 15) is 4.79 Å². The Morgan fingerprint density at radius 2 is 2.21 bits per heavy atom. The standard InChI is InChI=1S/C11H16ClNO/c1-10-2-8-3-11(5-10,9(12)14)7-13(4-8)6-10/h8H,2-7H2,1H3. The average Bonchev–Trinajstić information content (AvgIpc) is 1.98. The molecule has 0 amide bonds. The van der Waals surface area contributed by atoms with Crippen LogP contribution in [0.2, 0.25) is 0 Å². The maximum absolute atomic E-state index is 11.6. The van der Waals surface area contributed by atoms with Gasteiger partial charge in [0.25, 0.3) is 0 Å². The second-order valence-electron chi connectivity index (χ2n) is 5.99. The quantitative estimate of drug-likeness (QED) is 0.620. The number of carbonyl (C=O) groups excluding carboxylic acids is 1. The molecule has 0 aromatic heterocycles. The number of carbonyl (C=O) groups is 1. The molecule has 4 fully saturated rings. The van der Waals surface area contributed by atoms with Crippen molar-refractivity contribution >= 4 is 16.8 Å². The van der Waals surface area contributed by atoms with Crippen molar-refractivity contribution in [3.8, 4) is 0 Å². The molecule has 4 aliphatic rings. The molecule has 3 saturated heterocycles. The third kappa shape index (κ3) is 1.10. The third-order valence-corrected chi connectivity index (χ3v) is 4.69. The first-order valence-electron chi connectivity index (χ1n) is 5.44. The summed E-state index contributed by atoms with van der Waals surface area (Å²) in [6.07, 6.45) is 3.37. The maximum Gasteiger partial charge on any atom is 0.229 e. The fourth-order valence-electron chi connectivity index (χ4n) is 4.38. The predicted octanol–water partition coefficient (Wildman–Crippen LogP) is 1.87. The van der Waals surface area contributed by atoms with Gasteiger partial charge in [-0.2, -0.15) is 0 Å². The molecule has 1 saturated carbocycles. The van der Waals surface area contributed by atoms with Crippen LogP contribution in [0.4, 0.5) is 0 Å². The molecule has 3 aliphatic heterocycles. The Kier molecular flexibility index (Phi) is 1.66. The zero-order valence-electron chi connectivity index (χ0n) is 8.55. The van der Waals surface area contributed by atoms with Gasteiger partial charge in [0.2, 0.25) is 5.24 Å². The lowest BCUT2D eigenvalue weighted by Gasteiger charge is -2.61. The molecule has 0 radical (unpaired) electrons. The number of halogens is 1. The number of piperidine rings is 3. The van der Waals surface area contributed by atoms with Gasteiger partial charge >= 0.3 is 0 Å². The van der Waals surface area contributed by atoms with Crippen LogP contribution in [0.1, 0.15) is 26.2 Å². The zero-order chi connectivity index (χ0) is 9.97. The molecule has 4 bridgehead atoms. The lowest BCUT2D eigenvalue weighted by molar-refractivity contribution is -0.151. The summed E-state index contributed by atoms with van der Waals surface area (Å²) >= 11 is 5.79. The fourth-order valence-corrected chi connectivity index (χ4v) is 4.59. The van der Waals surface area contributed by atoms with E-state index in [1.807, 2.05) is 0 Å². The van der Waals surface area contributed by atoms with Crippen LogP contribution in [0.25, 0.3) is 0 Å².